The Labute approximate surface area is 120 Å². The molecule has 6 heteroatoms. The minimum absolute atomic E-state index is 0.240. The monoisotopic (exact) mass is 300 g/mol. The number of rotatable bonds is 1. The van der Waals surface area contributed by atoms with Crippen LogP contribution in [0.5, 0.6) is 0 Å². The summed E-state index contributed by atoms with van der Waals surface area (Å²) in [7, 11) is 0. The number of halogens is 3. The largest absolute Gasteiger partial charge is 0.338 e. The molecule has 1 aromatic rings. The fraction of sp³-hybridized carbons (Fsp3) is 0.500. The highest BCUT2D eigenvalue weighted by atomic mass is 35.5. The summed E-state index contributed by atoms with van der Waals surface area (Å²) in [4.78, 5) is 13.9. The summed E-state index contributed by atoms with van der Waals surface area (Å²) in [5.41, 5.74) is -0.240. The molecule has 1 N–H and O–H groups in total. The molecule has 0 bridgehead atoms. The average Bonchev–Trinajstić information content (AvgIpc) is 2.89. The predicted molar refractivity (Wildman–Crippen MR) is 71.7 cm³/mol. The van der Waals surface area contributed by atoms with E-state index in [1.165, 1.54) is 0 Å². The molecule has 1 aromatic carbocycles. The van der Waals surface area contributed by atoms with Gasteiger partial charge < -0.3 is 10.2 Å². The van der Waals surface area contributed by atoms with Crippen LogP contribution in [0.2, 0.25) is 5.02 Å². The molecule has 0 spiro atoms. The molecule has 1 amide bonds. The summed E-state index contributed by atoms with van der Waals surface area (Å²) >= 11 is 5.50. The summed E-state index contributed by atoms with van der Waals surface area (Å²) in [6.45, 7) is 3.05. The third kappa shape index (κ3) is 2.40. The van der Waals surface area contributed by atoms with Crippen molar-refractivity contribution in [2.75, 3.05) is 26.2 Å². The van der Waals surface area contributed by atoms with Gasteiger partial charge in [0.2, 0.25) is 0 Å². The molecule has 3 nitrogen and oxygen atoms in total. The molecule has 20 heavy (non-hydrogen) atoms. The highest BCUT2D eigenvalue weighted by molar-refractivity contribution is 6.30. The van der Waals surface area contributed by atoms with Crippen LogP contribution in [0.25, 0.3) is 0 Å². The maximum absolute atomic E-state index is 13.8. The average molecular weight is 301 g/mol. The van der Waals surface area contributed by atoms with E-state index in [1.807, 2.05) is 0 Å². The van der Waals surface area contributed by atoms with Crippen molar-refractivity contribution >= 4 is 17.5 Å². The maximum atomic E-state index is 13.8. The number of hydrogen-bond donors (Lipinski definition) is 1. The Hall–Kier alpha value is -1.20. The summed E-state index contributed by atoms with van der Waals surface area (Å²) in [5, 5.41) is 2.99. The van der Waals surface area contributed by atoms with Gasteiger partial charge in [-0.1, -0.05) is 11.6 Å². The Kier molecular flexibility index (Phi) is 3.65. The lowest BCUT2D eigenvalue weighted by atomic mass is 9.88. The second kappa shape index (κ2) is 5.30. The molecule has 0 aromatic heterocycles. The van der Waals surface area contributed by atoms with E-state index in [0.717, 1.165) is 31.6 Å². The smallest absolute Gasteiger partial charge is 0.256 e. The number of amides is 1. The molecular formula is C14H15ClF2N2O. The van der Waals surface area contributed by atoms with Gasteiger partial charge >= 0.3 is 0 Å². The molecule has 2 atom stereocenters. The lowest BCUT2D eigenvalue weighted by Crippen LogP contribution is -2.43. The Morgan fingerprint density at radius 1 is 1.25 bits per heavy atom. The fourth-order valence-electron chi connectivity index (χ4n) is 3.08. The lowest BCUT2D eigenvalue weighted by molar-refractivity contribution is 0.0637. The third-order valence-electron chi connectivity index (χ3n) is 4.23. The Bertz CT molecular complexity index is 552. The summed E-state index contributed by atoms with van der Waals surface area (Å²) < 4.78 is 27.2. The Morgan fingerprint density at radius 3 is 2.80 bits per heavy atom. The Balaban J connectivity index is 1.80. The first-order chi connectivity index (χ1) is 9.56. The maximum Gasteiger partial charge on any atom is 0.256 e. The van der Waals surface area contributed by atoms with Crippen molar-refractivity contribution < 1.29 is 13.6 Å². The van der Waals surface area contributed by atoms with Crippen LogP contribution in [0.15, 0.2) is 12.1 Å². The zero-order chi connectivity index (χ0) is 14.3. The van der Waals surface area contributed by atoms with Crippen LogP contribution in [-0.4, -0.2) is 37.0 Å². The van der Waals surface area contributed by atoms with E-state index >= 15 is 0 Å². The molecule has 2 heterocycles. The van der Waals surface area contributed by atoms with E-state index in [-0.39, 0.29) is 10.6 Å². The number of benzene rings is 1. The van der Waals surface area contributed by atoms with Gasteiger partial charge in [0.05, 0.1) is 10.6 Å². The van der Waals surface area contributed by atoms with Gasteiger partial charge in [0.15, 0.2) is 0 Å². The quantitative estimate of drug-likeness (QED) is 0.807. The van der Waals surface area contributed by atoms with Crippen molar-refractivity contribution in [1.82, 2.24) is 10.2 Å². The van der Waals surface area contributed by atoms with Crippen molar-refractivity contribution in [1.29, 1.82) is 0 Å². The third-order valence-corrected chi connectivity index (χ3v) is 4.52. The molecule has 2 aliphatic rings. The number of carbonyl (C=O) groups excluding carboxylic acids is 1. The van der Waals surface area contributed by atoms with Crippen LogP contribution in [-0.2, 0) is 0 Å². The first-order valence-corrected chi connectivity index (χ1v) is 7.08. The summed E-state index contributed by atoms with van der Waals surface area (Å²) in [6, 6.07) is 1.74. The Morgan fingerprint density at radius 2 is 2.00 bits per heavy atom. The van der Waals surface area contributed by atoms with E-state index in [9.17, 15) is 13.6 Å². The van der Waals surface area contributed by atoms with E-state index < -0.39 is 17.5 Å². The molecule has 2 aliphatic heterocycles. The van der Waals surface area contributed by atoms with Crippen molar-refractivity contribution in [3.05, 3.63) is 34.4 Å². The minimum Gasteiger partial charge on any atom is -0.338 e. The normalized spacial score (nSPS) is 25.6. The van der Waals surface area contributed by atoms with Crippen molar-refractivity contribution in [2.45, 2.75) is 6.42 Å². The number of carbonyl (C=O) groups is 1. The van der Waals surface area contributed by atoms with Gasteiger partial charge in [0.1, 0.15) is 11.6 Å². The predicted octanol–water partition coefficient (Wildman–Crippen LogP) is 2.30. The lowest BCUT2D eigenvalue weighted by Gasteiger charge is -2.34. The molecule has 108 valence electrons. The van der Waals surface area contributed by atoms with Gasteiger partial charge in [-0.25, -0.2) is 8.78 Å². The number of nitrogens with zero attached hydrogens (tertiary/aromatic N) is 1. The number of hydrogen-bond acceptors (Lipinski definition) is 2. The fourth-order valence-corrected chi connectivity index (χ4v) is 3.23. The van der Waals surface area contributed by atoms with Gasteiger partial charge in [-0.2, -0.15) is 0 Å². The standard InChI is InChI=1S/C14H15ClF2N2O/c15-11-4-12(16)10(3-13(11)17)14(20)19-2-1-8-5-18-6-9(8)7-19/h3-4,8-9,18H,1-2,5-7H2. The number of fused-ring (bicyclic) bond motifs is 1. The molecule has 3 rings (SSSR count). The van der Waals surface area contributed by atoms with Crippen LogP contribution in [0.1, 0.15) is 16.8 Å². The first-order valence-electron chi connectivity index (χ1n) is 6.71. The zero-order valence-corrected chi connectivity index (χ0v) is 11.6. The van der Waals surface area contributed by atoms with Crippen molar-refractivity contribution in [3.8, 4) is 0 Å². The highest BCUT2D eigenvalue weighted by Gasteiger charge is 2.35. The first kappa shape index (κ1) is 13.8. The number of nitrogens with one attached hydrogen (secondary N) is 1. The van der Waals surface area contributed by atoms with Gasteiger partial charge in [-0.15, -0.1) is 0 Å². The molecular weight excluding hydrogens is 286 g/mol. The van der Waals surface area contributed by atoms with E-state index in [2.05, 4.69) is 5.32 Å². The topological polar surface area (TPSA) is 32.3 Å². The van der Waals surface area contributed by atoms with Gasteiger partial charge in [0.25, 0.3) is 5.91 Å². The zero-order valence-electron chi connectivity index (χ0n) is 10.8. The van der Waals surface area contributed by atoms with Crippen LogP contribution < -0.4 is 5.32 Å². The van der Waals surface area contributed by atoms with E-state index in [0.29, 0.717) is 24.9 Å². The summed E-state index contributed by atoms with van der Waals surface area (Å²) in [6.07, 6.45) is 0.904. The molecule has 2 saturated heterocycles. The SMILES string of the molecule is O=C(c1cc(F)c(Cl)cc1F)N1CCC2CNCC2C1. The minimum atomic E-state index is -0.770. The second-order valence-corrected chi connectivity index (χ2v) is 5.87. The van der Waals surface area contributed by atoms with E-state index in [1.54, 1.807) is 4.90 Å². The molecule has 2 unspecified atom stereocenters. The van der Waals surface area contributed by atoms with Crippen LogP contribution in [0.3, 0.4) is 0 Å². The highest BCUT2D eigenvalue weighted by Crippen LogP contribution is 2.28. The van der Waals surface area contributed by atoms with E-state index in [4.69, 9.17) is 11.6 Å². The van der Waals surface area contributed by atoms with Crippen molar-refractivity contribution in [2.24, 2.45) is 11.8 Å². The molecule has 0 aliphatic carbocycles. The van der Waals surface area contributed by atoms with Gasteiger partial charge in [-0.05, 0) is 43.5 Å². The molecule has 0 saturated carbocycles. The molecule has 2 fully saturated rings. The van der Waals surface area contributed by atoms with Crippen LogP contribution in [0, 0.1) is 23.5 Å². The van der Waals surface area contributed by atoms with Crippen LogP contribution >= 0.6 is 11.6 Å². The number of likely N-dealkylation sites (tertiary alicyclic amines) is 1. The van der Waals surface area contributed by atoms with Crippen LogP contribution in [0.4, 0.5) is 8.78 Å². The summed E-state index contributed by atoms with van der Waals surface area (Å²) in [5.74, 6) is -0.996. The van der Waals surface area contributed by atoms with Gasteiger partial charge in [0, 0.05) is 13.1 Å². The number of piperidine rings is 1. The molecule has 0 radical (unpaired) electrons. The second-order valence-electron chi connectivity index (χ2n) is 5.46. The van der Waals surface area contributed by atoms with Gasteiger partial charge in [-0.3, -0.25) is 4.79 Å². The van der Waals surface area contributed by atoms with Crippen molar-refractivity contribution in [3.63, 3.8) is 0 Å².